The number of aryl methyl sites for hydroxylation is 1. The van der Waals surface area contributed by atoms with E-state index in [1.54, 1.807) is 12.1 Å². The van der Waals surface area contributed by atoms with E-state index in [-0.39, 0.29) is 0 Å². The summed E-state index contributed by atoms with van der Waals surface area (Å²) in [6.07, 6.45) is 2.41. The second-order valence-electron chi connectivity index (χ2n) is 4.44. The minimum Gasteiger partial charge on any atom is -0.478 e. The summed E-state index contributed by atoms with van der Waals surface area (Å²) in [4.78, 5) is 13.3. The molecule has 3 heteroatoms. The maximum Gasteiger partial charge on any atom is 0.335 e. The van der Waals surface area contributed by atoms with Crippen LogP contribution in [0.5, 0.6) is 0 Å². The summed E-state index contributed by atoms with van der Waals surface area (Å²) in [5.74, 6) is -0.844. The molecule has 1 aliphatic heterocycles. The van der Waals surface area contributed by atoms with E-state index in [2.05, 4.69) is 11.8 Å². The number of hydrogen-bond donors (Lipinski definition) is 1. The molecule has 0 bridgehead atoms. The second-order valence-corrected chi connectivity index (χ2v) is 4.44. The van der Waals surface area contributed by atoms with Crippen LogP contribution < -0.4 is 4.90 Å². The average Bonchev–Trinajstić information content (AvgIpc) is 2.74. The Labute approximate surface area is 95.7 Å². The van der Waals surface area contributed by atoms with Crippen molar-refractivity contribution in [1.82, 2.24) is 0 Å². The Morgan fingerprint density at radius 1 is 1.25 bits per heavy atom. The molecule has 0 atom stereocenters. The monoisotopic (exact) mass is 219 g/mol. The molecule has 1 aromatic rings. The normalized spacial score (nSPS) is 15.5. The molecular weight excluding hydrogens is 202 g/mol. The Kier molecular flexibility index (Phi) is 2.86. The van der Waals surface area contributed by atoms with E-state index in [1.807, 2.05) is 6.92 Å². The molecule has 16 heavy (non-hydrogen) atoms. The molecule has 86 valence electrons. The van der Waals surface area contributed by atoms with Crippen molar-refractivity contribution >= 4 is 11.7 Å². The van der Waals surface area contributed by atoms with Crippen molar-refractivity contribution in [3.8, 4) is 0 Å². The predicted molar refractivity (Wildman–Crippen MR) is 64.3 cm³/mol. The fourth-order valence-electron chi connectivity index (χ4n) is 2.25. The molecule has 0 unspecified atom stereocenters. The quantitative estimate of drug-likeness (QED) is 0.831. The summed E-state index contributed by atoms with van der Waals surface area (Å²) in [6, 6.07) is 3.55. The van der Waals surface area contributed by atoms with Crippen LogP contribution in [-0.2, 0) is 0 Å². The first-order valence-electron chi connectivity index (χ1n) is 5.69. The lowest BCUT2D eigenvalue weighted by Gasteiger charge is -2.21. The largest absolute Gasteiger partial charge is 0.478 e. The fraction of sp³-hybridized carbons (Fsp3) is 0.462. The highest BCUT2D eigenvalue weighted by Crippen LogP contribution is 2.28. The summed E-state index contributed by atoms with van der Waals surface area (Å²) in [7, 11) is 0. The molecule has 1 fully saturated rings. The maximum absolute atomic E-state index is 11.0. The van der Waals surface area contributed by atoms with Gasteiger partial charge in [-0.1, -0.05) is 0 Å². The van der Waals surface area contributed by atoms with Crippen LogP contribution in [0.4, 0.5) is 5.69 Å². The van der Waals surface area contributed by atoms with Gasteiger partial charge in [0.05, 0.1) is 5.56 Å². The zero-order valence-corrected chi connectivity index (χ0v) is 9.79. The van der Waals surface area contributed by atoms with E-state index in [0.29, 0.717) is 5.56 Å². The number of carbonyl (C=O) groups is 1. The lowest BCUT2D eigenvalue weighted by molar-refractivity contribution is 0.0697. The summed E-state index contributed by atoms with van der Waals surface area (Å²) in [6.45, 7) is 6.13. The van der Waals surface area contributed by atoms with Gasteiger partial charge < -0.3 is 10.0 Å². The number of carboxylic acid groups (broad SMARTS) is 1. The molecule has 0 aliphatic carbocycles. The zero-order valence-electron chi connectivity index (χ0n) is 9.79. The van der Waals surface area contributed by atoms with E-state index >= 15 is 0 Å². The SMILES string of the molecule is Cc1cc(C(=O)O)cc(N2CCCC2)c1C. The predicted octanol–water partition coefficient (Wildman–Crippen LogP) is 2.60. The first-order valence-corrected chi connectivity index (χ1v) is 5.69. The van der Waals surface area contributed by atoms with Gasteiger partial charge in [-0.15, -0.1) is 0 Å². The van der Waals surface area contributed by atoms with Crippen molar-refractivity contribution in [3.05, 3.63) is 28.8 Å². The van der Waals surface area contributed by atoms with Crippen molar-refractivity contribution in [2.45, 2.75) is 26.7 Å². The van der Waals surface area contributed by atoms with Crippen LogP contribution in [0.25, 0.3) is 0 Å². The van der Waals surface area contributed by atoms with Crippen molar-refractivity contribution in [2.75, 3.05) is 18.0 Å². The molecule has 1 saturated heterocycles. The Hall–Kier alpha value is -1.51. The molecule has 0 radical (unpaired) electrons. The summed E-state index contributed by atoms with van der Waals surface area (Å²) in [5.41, 5.74) is 3.74. The van der Waals surface area contributed by atoms with Crippen LogP contribution in [0.3, 0.4) is 0 Å². The van der Waals surface area contributed by atoms with Crippen LogP contribution in [0.2, 0.25) is 0 Å². The lowest BCUT2D eigenvalue weighted by Crippen LogP contribution is -2.19. The lowest BCUT2D eigenvalue weighted by atomic mass is 10.0. The fourth-order valence-corrected chi connectivity index (χ4v) is 2.25. The molecule has 1 heterocycles. The zero-order chi connectivity index (χ0) is 11.7. The number of hydrogen-bond acceptors (Lipinski definition) is 2. The highest BCUT2D eigenvalue weighted by molar-refractivity contribution is 5.89. The van der Waals surface area contributed by atoms with Crippen LogP contribution in [0.1, 0.15) is 34.3 Å². The first-order chi connectivity index (χ1) is 7.59. The van der Waals surface area contributed by atoms with E-state index in [9.17, 15) is 4.79 Å². The van der Waals surface area contributed by atoms with Crippen LogP contribution >= 0.6 is 0 Å². The van der Waals surface area contributed by atoms with Crippen molar-refractivity contribution < 1.29 is 9.90 Å². The van der Waals surface area contributed by atoms with Crippen molar-refractivity contribution in [1.29, 1.82) is 0 Å². The Morgan fingerprint density at radius 2 is 1.88 bits per heavy atom. The Morgan fingerprint density at radius 3 is 2.44 bits per heavy atom. The number of benzene rings is 1. The van der Waals surface area contributed by atoms with Gasteiger partial charge in [-0.25, -0.2) is 4.79 Å². The standard InChI is InChI=1S/C13H17NO2/c1-9-7-11(13(15)16)8-12(10(9)2)14-5-3-4-6-14/h7-8H,3-6H2,1-2H3,(H,15,16). The Bertz CT molecular complexity index is 420. The molecule has 0 amide bonds. The van der Waals surface area contributed by atoms with Crippen LogP contribution in [0, 0.1) is 13.8 Å². The van der Waals surface area contributed by atoms with Crippen LogP contribution in [-0.4, -0.2) is 24.2 Å². The van der Waals surface area contributed by atoms with Gasteiger partial charge in [-0.05, 0) is 49.9 Å². The first kappa shape index (κ1) is 11.0. The Balaban J connectivity index is 2.45. The summed E-state index contributed by atoms with van der Waals surface area (Å²) in [5, 5.41) is 9.05. The molecule has 0 saturated carbocycles. The number of carboxylic acids is 1. The van der Waals surface area contributed by atoms with Gasteiger partial charge in [0, 0.05) is 18.8 Å². The molecule has 0 aromatic heterocycles. The van der Waals surface area contributed by atoms with E-state index in [4.69, 9.17) is 5.11 Å². The van der Waals surface area contributed by atoms with Gasteiger partial charge >= 0.3 is 5.97 Å². The molecule has 1 N–H and O–H groups in total. The van der Waals surface area contributed by atoms with Gasteiger partial charge in [0.25, 0.3) is 0 Å². The van der Waals surface area contributed by atoms with Crippen molar-refractivity contribution in [2.24, 2.45) is 0 Å². The van der Waals surface area contributed by atoms with Gasteiger partial charge in [0.15, 0.2) is 0 Å². The molecule has 2 rings (SSSR count). The molecule has 3 nitrogen and oxygen atoms in total. The van der Waals surface area contributed by atoms with E-state index in [1.165, 1.54) is 18.4 Å². The van der Waals surface area contributed by atoms with Crippen molar-refractivity contribution in [3.63, 3.8) is 0 Å². The van der Waals surface area contributed by atoms with Gasteiger partial charge in [-0.3, -0.25) is 0 Å². The molecule has 1 aliphatic rings. The van der Waals surface area contributed by atoms with Gasteiger partial charge in [0.1, 0.15) is 0 Å². The van der Waals surface area contributed by atoms with Gasteiger partial charge in [0.2, 0.25) is 0 Å². The summed E-state index contributed by atoms with van der Waals surface area (Å²) < 4.78 is 0. The van der Waals surface area contributed by atoms with Gasteiger partial charge in [-0.2, -0.15) is 0 Å². The summed E-state index contributed by atoms with van der Waals surface area (Å²) >= 11 is 0. The molecule has 1 aromatic carbocycles. The minimum absolute atomic E-state index is 0.394. The number of nitrogens with zero attached hydrogens (tertiary/aromatic N) is 1. The number of aromatic carboxylic acids is 1. The topological polar surface area (TPSA) is 40.5 Å². The third kappa shape index (κ3) is 1.90. The highest BCUT2D eigenvalue weighted by atomic mass is 16.4. The maximum atomic E-state index is 11.0. The second kappa shape index (κ2) is 4.16. The number of rotatable bonds is 2. The average molecular weight is 219 g/mol. The molecular formula is C13H17NO2. The van der Waals surface area contributed by atoms with E-state index < -0.39 is 5.97 Å². The third-order valence-corrected chi connectivity index (χ3v) is 3.33. The highest BCUT2D eigenvalue weighted by Gasteiger charge is 2.17. The minimum atomic E-state index is -0.844. The van der Waals surface area contributed by atoms with E-state index in [0.717, 1.165) is 24.3 Å². The molecule has 0 spiro atoms. The third-order valence-electron chi connectivity index (χ3n) is 3.33. The number of anilines is 1. The van der Waals surface area contributed by atoms with Crippen LogP contribution in [0.15, 0.2) is 12.1 Å². The smallest absolute Gasteiger partial charge is 0.335 e.